The molecule has 0 spiro atoms. The molecule has 0 aromatic carbocycles. The van der Waals surface area contributed by atoms with Crippen LogP contribution < -0.4 is 5.32 Å². The molecule has 1 N–H and O–H groups in total. The lowest BCUT2D eigenvalue weighted by atomic mass is 10.0. The number of hydrogen-bond acceptors (Lipinski definition) is 6. The van der Waals surface area contributed by atoms with Gasteiger partial charge in [-0.25, -0.2) is 15.0 Å². The number of aryl methyl sites for hydroxylation is 3. The third-order valence-electron chi connectivity index (χ3n) is 4.04. The van der Waals surface area contributed by atoms with Gasteiger partial charge in [-0.1, -0.05) is 0 Å². The SMILES string of the molecule is Cc1cc(NC2CCN(C(=O)c3sc(C)nc3C)CC2)ncn1. The molecule has 0 aliphatic carbocycles. The average Bonchev–Trinajstić information content (AvgIpc) is 2.86. The highest BCUT2D eigenvalue weighted by Crippen LogP contribution is 2.22. The first-order valence-corrected chi connectivity index (χ1v) is 8.63. The van der Waals surface area contributed by atoms with Crippen molar-refractivity contribution < 1.29 is 4.79 Å². The minimum absolute atomic E-state index is 0.115. The maximum Gasteiger partial charge on any atom is 0.265 e. The van der Waals surface area contributed by atoms with Gasteiger partial charge in [-0.3, -0.25) is 4.79 Å². The summed E-state index contributed by atoms with van der Waals surface area (Å²) in [6.07, 6.45) is 3.42. The first-order chi connectivity index (χ1) is 11.0. The fraction of sp³-hybridized carbons (Fsp3) is 0.500. The van der Waals surface area contributed by atoms with Crippen LogP contribution >= 0.6 is 11.3 Å². The minimum Gasteiger partial charge on any atom is -0.367 e. The van der Waals surface area contributed by atoms with Crippen molar-refractivity contribution in [2.24, 2.45) is 0 Å². The first kappa shape index (κ1) is 15.9. The van der Waals surface area contributed by atoms with E-state index in [4.69, 9.17) is 0 Å². The van der Waals surface area contributed by atoms with Gasteiger partial charge in [0.2, 0.25) is 0 Å². The van der Waals surface area contributed by atoms with Crippen molar-refractivity contribution in [3.05, 3.63) is 33.7 Å². The number of nitrogens with one attached hydrogen (secondary N) is 1. The summed E-state index contributed by atoms with van der Waals surface area (Å²) in [4.78, 5) is 28.0. The molecule has 7 heteroatoms. The van der Waals surface area contributed by atoms with Crippen LogP contribution in [0, 0.1) is 20.8 Å². The fourth-order valence-corrected chi connectivity index (χ4v) is 3.73. The van der Waals surface area contributed by atoms with Crippen LogP contribution in [0.3, 0.4) is 0 Å². The van der Waals surface area contributed by atoms with Crippen LogP contribution in [0.5, 0.6) is 0 Å². The van der Waals surface area contributed by atoms with Gasteiger partial charge >= 0.3 is 0 Å². The van der Waals surface area contributed by atoms with Crippen LogP contribution in [0.25, 0.3) is 0 Å². The topological polar surface area (TPSA) is 71.0 Å². The second-order valence-electron chi connectivity index (χ2n) is 5.90. The van der Waals surface area contributed by atoms with E-state index in [9.17, 15) is 4.79 Å². The van der Waals surface area contributed by atoms with Gasteiger partial charge in [0.15, 0.2) is 0 Å². The zero-order valence-electron chi connectivity index (χ0n) is 13.7. The molecule has 0 atom stereocenters. The van der Waals surface area contributed by atoms with Crippen molar-refractivity contribution in [3.8, 4) is 0 Å². The summed E-state index contributed by atoms with van der Waals surface area (Å²) in [6.45, 7) is 7.32. The monoisotopic (exact) mass is 331 g/mol. The number of carbonyl (C=O) groups excluding carboxylic acids is 1. The van der Waals surface area contributed by atoms with Gasteiger partial charge in [0.1, 0.15) is 17.0 Å². The summed E-state index contributed by atoms with van der Waals surface area (Å²) in [6, 6.07) is 2.29. The molecule has 2 aromatic heterocycles. The summed E-state index contributed by atoms with van der Waals surface area (Å²) in [5.41, 5.74) is 1.79. The number of anilines is 1. The van der Waals surface area contributed by atoms with E-state index < -0.39 is 0 Å². The molecule has 3 heterocycles. The zero-order valence-corrected chi connectivity index (χ0v) is 14.5. The molecule has 1 aliphatic heterocycles. The van der Waals surface area contributed by atoms with E-state index in [1.165, 1.54) is 11.3 Å². The highest BCUT2D eigenvalue weighted by molar-refractivity contribution is 7.13. The molecule has 1 aliphatic rings. The highest BCUT2D eigenvalue weighted by Gasteiger charge is 2.26. The number of rotatable bonds is 3. The van der Waals surface area contributed by atoms with Gasteiger partial charge in [0.25, 0.3) is 5.91 Å². The van der Waals surface area contributed by atoms with Gasteiger partial charge in [0.05, 0.1) is 10.7 Å². The third-order valence-corrected chi connectivity index (χ3v) is 5.10. The lowest BCUT2D eigenvalue weighted by molar-refractivity contribution is 0.0722. The molecule has 0 radical (unpaired) electrons. The molecule has 1 fully saturated rings. The summed E-state index contributed by atoms with van der Waals surface area (Å²) in [5, 5.41) is 4.38. The van der Waals surface area contributed by atoms with Gasteiger partial charge in [-0.15, -0.1) is 11.3 Å². The molecule has 1 saturated heterocycles. The Hall–Kier alpha value is -2.02. The van der Waals surface area contributed by atoms with Gasteiger partial charge in [-0.05, 0) is 33.6 Å². The average molecular weight is 331 g/mol. The summed E-state index contributed by atoms with van der Waals surface area (Å²) in [5.74, 6) is 0.973. The number of hydrogen-bond donors (Lipinski definition) is 1. The quantitative estimate of drug-likeness (QED) is 0.936. The molecule has 2 aromatic rings. The minimum atomic E-state index is 0.115. The predicted molar refractivity (Wildman–Crippen MR) is 90.9 cm³/mol. The molecular formula is C16H21N5OS. The van der Waals surface area contributed by atoms with E-state index in [1.807, 2.05) is 31.7 Å². The van der Waals surface area contributed by atoms with Crippen LogP contribution in [-0.4, -0.2) is 44.9 Å². The summed E-state index contributed by atoms with van der Waals surface area (Å²) in [7, 11) is 0. The van der Waals surface area contributed by atoms with E-state index >= 15 is 0 Å². The first-order valence-electron chi connectivity index (χ1n) is 7.81. The lowest BCUT2D eigenvalue weighted by Crippen LogP contribution is -2.42. The van der Waals surface area contributed by atoms with Crippen molar-refractivity contribution in [3.63, 3.8) is 0 Å². The molecular weight excluding hydrogens is 310 g/mol. The lowest BCUT2D eigenvalue weighted by Gasteiger charge is -2.32. The maximum absolute atomic E-state index is 12.6. The second kappa shape index (κ2) is 6.62. The normalized spacial score (nSPS) is 15.7. The van der Waals surface area contributed by atoms with E-state index in [-0.39, 0.29) is 5.91 Å². The highest BCUT2D eigenvalue weighted by atomic mass is 32.1. The van der Waals surface area contributed by atoms with Crippen LogP contribution in [0.4, 0.5) is 5.82 Å². The van der Waals surface area contributed by atoms with E-state index in [2.05, 4.69) is 20.3 Å². The number of likely N-dealkylation sites (tertiary alicyclic amines) is 1. The predicted octanol–water partition coefficient (Wildman–Crippen LogP) is 2.58. The Kier molecular flexibility index (Phi) is 4.56. The molecule has 0 saturated carbocycles. The Morgan fingerprint density at radius 2 is 2.00 bits per heavy atom. The molecule has 6 nitrogen and oxygen atoms in total. The van der Waals surface area contributed by atoms with Crippen LogP contribution in [0.1, 0.15) is 38.9 Å². The Morgan fingerprint density at radius 1 is 1.26 bits per heavy atom. The van der Waals surface area contributed by atoms with Gasteiger partial charge in [-0.2, -0.15) is 0 Å². The Morgan fingerprint density at radius 3 is 2.61 bits per heavy atom. The largest absolute Gasteiger partial charge is 0.367 e. The van der Waals surface area contributed by atoms with Crippen LogP contribution in [0.2, 0.25) is 0 Å². The van der Waals surface area contributed by atoms with E-state index in [1.54, 1.807) is 6.33 Å². The van der Waals surface area contributed by atoms with Crippen LogP contribution in [-0.2, 0) is 0 Å². The molecule has 1 amide bonds. The Labute approximate surface area is 140 Å². The number of amides is 1. The summed E-state index contributed by atoms with van der Waals surface area (Å²) < 4.78 is 0. The molecule has 3 rings (SSSR count). The van der Waals surface area contributed by atoms with Gasteiger partial charge in [0, 0.05) is 30.9 Å². The number of aromatic nitrogens is 3. The van der Waals surface area contributed by atoms with E-state index in [0.717, 1.165) is 53.0 Å². The smallest absolute Gasteiger partial charge is 0.265 e. The second-order valence-corrected chi connectivity index (χ2v) is 7.11. The Balaban J connectivity index is 1.58. The number of nitrogens with zero attached hydrogens (tertiary/aromatic N) is 4. The Bertz CT molecular complexity index is 706. The molecule has 0 bridgehead atoms. The van der Waals surface area contributed by atoms with Crippen molar-refractivity contribution in [2.75, 3.05) is 18.4 Å². The van der Waals surface area contributed by atoms with Crippen molar-refractivity contribution >= 4 is 23.1 Å². The maximum atomic E-state index is 12.6. The van der Waals surface area contributed by atoms with Crippen molar-refractivity contribution in [2.45, 2.75) is 39.7 Å². The molecule has 23 heavy (non-hydrogen) atoms. The fourth-order valence-electron chi connectivity index (χ4n) is 2.84. The molecule has 122 valence electrons. The number of piperidine rings is 1. The van der Waals surface area contributed by atoms with Crippen LogP contribution in [0.15, 0.2) is 12.4 Å². The number of carbonyl (C=O) groups is 1. The number of thiazole rings is 1. The van der Waals surface area contributed by atoms with Crippen molar-refractivity contribution in [1.82, 2.24) is 19.9 Å². The summed E-state index contributed by atoms with van der Waals surface area (Å²) >= 11 is 1.49. The zero-order chi connectivity index (χ0) is 16.4. The third kappa shape index (κ3) is 3.67. The van der Waals surface area contributed by atoms with E-state index in [0.29, 0.717) is 6.04 Å². The standard InChI is InChI=1S/C16H21N5OS/c1-10-8-14(18-9-17-10)20-13-4-6-21(7-5-13)16(22)15-11(2)19-12(3)23-15/h8-9,13H,4-7H2,1-3H3,(H,17,18,20). The molecule has 0 unspecified atom stereocenters. The van der Waals surface area contributed by atoms with Crippen molar-refractivity contribution in [1.29, 1.82) is 0 Å². The van der Waals surface area contributed by atoms with Gasteiger partial charge < -0.3 is 10.2 Å².